The van der Waals surface area contributed by atoms with Gasteiger partial charge in [-0.15, -0.1) is 12.4 Å². The molecule has 3 rings (SSSR count). The van der Waals surface area contributed by atoms with Crippen molar-refractivity contribution in [2.24, 2.45) is 17.1 Å². The molecule has 2 saturated heterocycles. The van der Waals surface area contributed by atoms with Crippen molar-refractivity contribution in [3.8, 4) is 0 Å². The number of carbonyl (C=O) groups is 2. The summed E-state index contributed by atoms with van der Waals surface area (Å²) in [6.07, 6.45) is 2.58. The molecule has 0 bridgehead atoms. The maximum Gasteiger partial charge on any atom is 0.253 e. The van der Waals surface area contributed by atoms with Gasteiger partial charge in [0.1, 0.15) is 0 Å². The highest BCUT2D eigenvalue weighted by atomic mass is 35.5. The highest BCUT2D eigenvalue weighted by Gasteiger charge is 2.38. The van der Waals surface area contributed by atoms with Crippen LogP contribution in [-0.4, -0.2) is 53.8 Å². The fraction of sp³-hybridized carbons (Fsp3) is 0.636. The second kappa shape index (κ2) is 8.83. The van der Waals surface area contributed by atoms with Gasteiger partial charge in [-0.25, -0.2) is 0 Å². The molecule has 2 N–H and O–H groups in total. The van der Waals surface area contributed by atoms with Crippen molar-refractivity contribution < 1.29 is 9.59 Å². The predicted molar refractivity (Wildman–Crippen MR) is 115 cm³/mol. The Balaban J connectivity index is 0.00000280. The van der Waals surface area contributed by atoms with E-state index in [1.807, 2.05) is 35.8 Å². The summed E-state index contributed by atoms with van der Waals surface area (Å²) in [4.78, 5) is 29.9. The van der Waals surface area contributed by atoms with E-state index >= 15 is 0 Å². The van der Waals surface area contributed by atoms with Crippen LogP contribution >= 0.6 is 12.4 Å². The van der Waals surface area contributed by atoms with Crippen molar-refractivity contribution in [1.29, 1.82) is 0 Å². The molecule has 1 aromatic carbocycles. The summed E-state index contributed by atoms with van der Waals surface area (Å²) in [6, 6.07) is 6.09. The summed E-state index contributed by atoms with van der Waals surface area (Å²) in [5, 5.41) is 0. The van der Waals surface area contributed by atoms with Gasteiger partial charge >= 0.3 is 0 Å². The monoisotopic (exact) mass is 407 g/mol. The number of likely N-dealkylation sites (tertiary alicyclic amines) is 2. The molecule has 0 saturated carbocycles. The molecule has 2 atom stereocenters. The van der Waals surface area contributed by atoms with E-state index < -0.39 is 0 Å². The zero-order chi connectivity index (χ0) is 19.8. The van der Waals surface area contributed by atoms with Crippen molar-refractivity contribution >= 4 is 24.2 Å². The molecule has 6 heteroatoms. The molecule has 0 aliphatic carbocycles. The van der Waals surface area contributed by atoms with Crippen molar-refractivity contribution in [2.45, 2.75) is 53.0 Å². The molecule has 1 aromatic rings. The Kier molecular flexibility index (Phi) is 7.16. The molecule has 0 aromatic heterocycles. The van der Waals surface area contributed by atoms with Gasteiger partial charge in [0.25, 0.3) is 5.91 Å². The molecule has 28 heavy (non-hydrogen) atoms. The van der Waals surface area contributed by atoms with Gasteiger partial charge in [0.15, 0.2) is 0 Å². The Morgan fingerprint density at radius 1 is 1.04 bits per heavy atom. The Hall–Kier alpha value is -1.59. The van der Waals surface area contributed by atoms with E-state index in [4.69, 9.17) is 5.73 Å². The van der Waals surface area contributed by atoms with Crippen molar-refractivity contribution in [2.75, 3.05) is 26.2 Å². The van der Waals surface area contributed by atoms with Crippen LogP contribution in [0.5, 0.6) is 0 Å². The lowest BCUT2D eigenvalue weighted by Crippen LogP contribution is -2.56. The lowest BCUT2D eigenvalue weighted by molar-refractivity contribution is -0.140. The third-order valence-electron chi connectivity index (χ3n) is 6.15. The topological polar surface area (TPSA) is 66.6 Å². The first-order valence-electron chi connectivity index (χ1n) is 10.1. The second-order valence-corrected chi connectivity index (χ2v) is 9.11. The van der Waals surface area contributed by atoms with Crippen LogP contribution in [-0.2, 0) is 4.79 Å². The number of carbonyl (C=O) groups excluding carboxylic acids is 2. The van der Waals surface area contributed by atoms with Crippen LogP contribution in [0.25, 0.3) is 0 Å². The minimum atomic E-state index is -0.0984. The quantitative estimate of drug-likeness (QED) is 0.818. The average Bonchev–Trinajstić information content (AvgIpc) is 2.62. The molecule has 156 valence electrons. The molecule has 2 heterocycles. The summed E-state index contributed by atoms with van der Waals surface area (Å²) >= 11 is 0. The Labute approximate surface area is 175 Å². The van der Waals surface area contributed by atoms with Crippen LogP contribution in [0.15, 0.2) is 18.2 Å². The van der Waals surface area contributed by atoms with Gasteiger partial charge in [-0.05, 0) is 50.7 Å². The summed E-state index contributed by atoms with van der Waals surface area (Å²) in [6.45, 7) is 11.0. The van der Waals surface area contributed by atoms with Crippen LogP contribution in [0, 0.1) is 25.2 Å². The number of hydrogen-bond acceptors (Lipinski definition) is 3. The lowest BCUT2D eigenvalue weighted by Gasteiger charge is -2.44. The van der Waals surface area contributed by atoms with E-state index in [9.17, 15) is 9.59 Å². The first kappa shape index (κ1) is 22.7. The highest BCUT2D eigenvalue weighted by molar-refractivity contribution is 5.95. The Bertz CT molecular complexity index is 714. The van der Waals surface area contributed by atoms with Crippen LogP contribution in [0.4, 0.5) is 0 Å². The molecule has 2 aliphatic heterocycles. The molecular weight excluding hydrogens is 374 g/mol. The number of aryl methyl sites for hydroxylation is 2. The first-order valence-corrected chi connectivity index (χ1v) is 10.1. The Morgan fingerprint density at radius 3 is 2.29 bits per heavy atom. The maximum atomic E-state index is 13.1. The number of nitrogens with zero attached hydrogens (tertiary/aromatic N) is 2. The molecule has 2 unspecified atom stereocenters. The van der Waals surface area contributed by atoms with Crippen molar-refractivity contribution in [1.82, 2.24) is 9.80 Å². The SMILES string of the molecule is Cc1cc(C)cc(C(=O)N2CCCC(C(=O)N3CCC(N)C(C)(C)C3)C2)c1.Cl. The fourth-order valence-corrected chi connectivity index (χ4v) is 4.46. The molecule has 2 aliphatic rings. The third-order valence-corrected chi connectivity index (χ3v) is 6.15. The van der Waals surface area contributed by atoms with E-state index in [0.29, 0.717) is 13.1 Å². The number of amides is 2. The summed E-state index contributed by atoms with van der Waals surface area (Å²) in [7, 11) is 0. The summed E-state index contributed by atoms with van der Waals surface area (Å²) < 4.78 is 0. The predicted octanol–water partition coefficient (Wildman–Crippen LogP) is 3.16. The molecule has 5 nitrogen and oxygen atoms in total. The number of rotatable bonds is 2. The minimum absolute atomic E-state index is 0. The van der Waals surface area contributed by atoms with E-state index in [2.05, 4.69) is 19.9 Å². The number of piperidine rings is 2. The van der Waals surface area contributed by atoms with E-state index in [-0.39, 0.29) is 41.6 Å². The Morgan fingerprint density at radius 2 is 1.68 bits per heavy atom. The zero-order valence-electron chi connectivity index (χ0n) is 17.5. The number of benzene rings is 1. The number of hydrogen-bond donors (Lipinski definition) is 1. The smallest absolute Gasteiger partial charge is 0.253 e. The van der Waals surface area contributed by atoms with Gasteiger partial charge < -0.3 is 15.5 Å². The molecular formula is C22H34ClN3O2. The maximum absolute atomic E-state index is 13.1. The second-order valence-electron chi connectivity index (χ2n) is 9.11. The van der Waals surface area contributed by atoms with Crippen molar-refractivity contribution in [3.63, 3.8) is 0 Å². The van der Waals surface area contributed by atoms with Crippen LogP contribution < -0.4 is 5.73 Å². The molecule has 2 amide bonds. The number of nitrogens with two attached hydrogens (primary N) is 1. The van der Waals surface area contributed by atoms with E-state index in [1.54, 1.807) is 0 Å². The standard InChI is InChI=1S/C22H33N3O2.ClH/c1-15-10-16(2)12-18(11-15)21(27)24-8-5-6-17(13-24)20(26)25-9-7-19(23)22(3,4)14-25;/h10-12,17,19H,5-9,13-14,23H2,1-4H3;1H. The van der Waals surface area contributed by atoms with Gasteiger partial charge in [-0.1, -0.05) is 31.0 Å². The van der Waals surface area contributed by atoms with E-state index in [1.165, 1.54) is 0 Å². The molecule has 0 spiro atoms. The first-order chi connectivity index (χ1) is 12.7. The largest absolute Gasteiger partial charge is 0.342 e. The zero-order valence-corrected chi connectivity index (χ0v) is 18.3. The minimum Gasteiger partial charge on any atom is -0.342 e. The van der Waals surface area contributed by atoms with Gasteiger partial charge in [-0.3, -0.25) is 9.59 Å². The van der Waals surface area contributed by atoms with Crippen molar-refractivity contribution in [3.05, 3.63) is 34.9 Å². The fourth-order valence-electron chi connectivity index (χ4n) is 4.46. The van der Waals surface area contributed by atoms with Crippen LogP contribution in [0.3, 0.4) is 0 Å². The summed E-state index contributed by atoms with van der Waals surface area (Å²) in [5.74, 6) is 0.131. The lowest BCUT2D eigenvalue weighted by atomic mass is 9.79. The van der Waals surface area contributed by atoms with Gasteiger partial charge in [0.05, 0.1) is 5.92 Å². The highest BCUT2D eigenvalue weighted by Crippen LogP contribution is 2.30. The third kappa shape index (κ3) is 4.87. The average molecular weight is 408 g/mol. The normalized spacial score (nSPS) is 24.5. The van der Waals surface area contributed by atoms with Gasteiger partial charge in [-0.2, -0.15) is 0 Å². The van der Waals surface area contributed by atoms with Crippen LogP contribution in [0.1, 0.15) is 54.6 Å². The molecule has 0 radical (unpaired) electrons. The summed E-state index contributed by atoms with van der Waals surface area (Å²) in [5.41, 5.74) is 9.07. The van der Waals surface area contributed by atoms with Gasteiger partial charge in [0.2, 0.25) is 5.91 Å². The van der Waals surface area contributed by atoms with E-state index in [0.717, 1.165) is 49.0 Å². The van der Waals surface area contributed by atoms with Crippen LogP contribution in [0.2, 0.25) is 0 Å². The van der Waals surface area contributed by atoms with Gasteiger partial charge in [0, 0.05) is 37.8 Å². The number of halogens is 1. The molecule has 2 fully saturated rings.